The molecule has 1 atom stereocenters. The number of halogens is 2. The van der Waals surface area contributed by atoms with Crippen LogP contribution in [0.15, 0.2) is 48.5 Å². The highest BCUT2D eigenvalue weighted by molar-refractivity contribution is 7.86. The number of nitrogens with zero attached hydrogens (tertiary/aromatic N) is 1. The molecule has 0 aromatic heterocycles. The number of aldehydes is 1. The molecular formula is C23H18Cl2N2O5S. The van der Waals surface area contributed by atoms with Crippen LogP contribution >= 0.6 is 23.2 Å². The van der Waals surface area contributed by atoms with E-state index in [2.05, 4.69) is 5.32 Å². The van der Waals surface area contributed by atoms with Crippen LogP contribution < -0.4 is 9.50 Å². The van der Waals surface area contributed by atoms with E-state index in [4.69, 9.17) is 27.4 Å². The van der Waals surface area contributed by atoms with Crippen molar-refractivity contribution in [3.63, 3.8) is 0 Å². The summed E-state index contributed by atoms with van der Waals surface area (Å²) in [5.74, 6) is -1.42. The number of carbonyl (C=O) groups excluding carboxylic acids is 2. The number of nitriles is 1. The third-order valence-corrected chi connectivity index (χ3v) is 6.10. The van der Waals surface area contributed by atoms with Gasteiger partial charge in [0, 0.05) is 18.9 Å². The number of nitrogens with one attached hydrogen (secondary N) is 1. The van der Waals surface area contributed by atoms with Crippen molar-refractivity contribution in [3.8, 4) is 11.8 Å². The van der Waals surface area contributed by atoms with Gasteiger partial charge in [-0.3, -0.25) is 4.79 Å². The predicted molar refractivity (Wildman–Crippen MR) is 126 cm³/mol. The van der Waals surface area contributed by atoms with Gasteiger partial charge in [-0.2, -0.15) is 13.7 Å². The first-order valence-corrected chi connectivity index (χ1v) is 12.2. The Balaban J connectivity index is 2.03. The zero-order chi connectivity index (χ0) is 24.2. The monoisotopic (exact) mass is 504 g/mol. The highest BCUT2D eigenvalue weighted by Gasteiger charge is 2.25. The highest BCUT2D eigenvalue weighted by atomic mass is 35.5. The number of hydrogen-bond donors (Lipinski definition) is 1. The van der Waals surface area contributed by atoms with Crippen molar-refractivity contribution in [3.05, 3.63) is 75.3 Å². The predicted octanol–water partition coefficient (Wildman–Crippen LogP) is 4.46. The lowest BCUT2D eigenvalue weighted by Gasteiger charge is -2.18. The minimum Gasteiger partial charge on any atom is -0.380 e. The molecule has 3 rings (SSSR count). The number of hydrogen-bond acceptors (Lipinski definition) is 6. The van der Waals surface area contributed by atoms with Crippen molar-refractivity contribution in [1.29, 1.82) is 5.26 Å². The number of fused-ring (bicyclic) bond motifs is 1. The van der Waals surface area contributed by atoms with E-state index in [-0.39, 0.29) is 29.8 Å². The summed E-state index contributed by atoms with van der Waals surface area (Å²) in [5, 5.41) is 13.9. The molecule has 1 amide bonds. The average molecular weight is 505 g/mol. The SMILES string of the molecule is CS(=O)(=O)Oc1c(C#N)cc2ccccc2c1C(=O)NC[C@@H](CC=O)c1ccc(Cl)c(Cl)c1. The van der Waals surface area contributed by atoms with Crippen molar-refractivity contribution < 1.29 is 22.2 Å². The van der Waals surface area contributed by atoms with Crippen LogP contribution in [0.1, 0.15) is 33.8 Å². The van der Waals surface area contributed by atoms with E-state index in [0.717, 1.165) is 12.5 Å². The zero-order valence-corrected chi connectivity index (χ0v) is 19.7. The third-order valence-electron chi connectivity index (χ3n) is 4.89. The molecular weight excluding hydrogens is 487 g/mol. The van der Waals surface area contributed by atoms with Gasteiger partial charge >= 0.3 is 10.1 Å². The molecule has 0 saturated heterocycles. The molecule has 0 unspecified atom stereocenters. The second-order valence-electron chi connectivity index (χ2n) is 7.23. The number of rotatable bonds is 8. The lowest BCUT2D eigenvalue weighted by atomic mass is 9.95. The van der Waals surface area contributed by atoms with E-state index in [1.54, 1.807) is 42.5 Å². The molecule has 0 fully saturated rings. The Morgan fingerprint density at radius 2 is 1.91 bits per heavy atom. The molecule has 0 saturated carbocycles. The van der Waals surface area contributed by atoms with Gasteiger partial charge in [0.2, 0.25) is 0 Å². The molecule has 0 aliphatic heterocycles. The van der Waals surface area contributed by atoms with Crippen LogP contribution in [-0.2, 0) is 14.9 Å². The summed E-state index contributed by atoms with van der Waals surface area (Å²) in [6, 6.07) is 15.0. The number of benzene rings is 3. The molecule has 1 N–H and O–H groups in total. The smallest absolute Gasteiger partial charge is 0.306 e. The minimum atomic E-state index is -4.03. The largest absolute Gasteiger partial charge is 0.380 e. The van der Waals surface area contributed by atoms with Crippen LogP contribution in [0.4, 0.5) is 0 Å². The topological polar surface area (TPSA) is 113 Å². The quantitative estimate of drug-likeness (QED) is 0.357. The molecule has 170 valence electrons. The van der Waals surface area contributed by atoms with Crippen molar-refractivity contribution in [2.24, 2.45) is 0 Å². The molecule has 33 heavy (non-hydrogen) atoms. The Morgan fingerprint density at radius 1 is 1.18 bits per heavy atom. The molecule has 0 heterocycles. The molecule has 7 nitrogen and oxygen atoms in total. The van der Waals surface area contributed by atoms with Gasteiger partial charge in [-0.25, -0.2) is 0 Å². The summed E-state index contributed by atoms with van der Waals surface area (Å²) in [6.07, 6.45) is 1.66. The molecule has 0 radical (unpaired) electrons. The van der Waals surface area contributed by atoms with Gasteiger partial charge in [-0.05, 0) is 34.5 Å². The summed E-state index contributed by atoms with van der Waals surface area (Å²) in [7, 11) is -4.03. The normalized spacial score (nSPS) is 12.1. The Bertz CT molecular complexity index is 1380. The highest BCUT2D eigenvalue weighted by Crippen LogP contribution is 2.33. The summed E-state index contributed by atoms with van der Waals surface area (Å²) < 4.78 is 28.8. The number of amides is 1. The van der Waals surface area contributed by atoms with Crippen LogP contribution in [0.5, 0.6) is 5.75 Å². The fourth-order valence-corrected chi connectivity index (χ4v) is 4.18. The van der Waals surface area contributed by atoms with Crippen molar-refractivity contribution in [2.75, 3.05) is 12.8 Å². The van der Waals surface area contributed by atoms with E-state index in [1.165, 1.54) is 6.07 Å². The minimum absolute atomic E-state index is 0.0406. The first-order chi connectivity index (χ1) is 15.6. The van der Waals surface area contributed by atoms with Crippen LogP contribution in [0.2, 0.25) is 10.0 Å². The fourth-order valence-electron chi connectivity index (χ4n) is 3.40. The summed E-state index contributed by atoms with van der Waals surface area (Å²) in [6.45, 7) is 0.0406. The van der Waals surface area contributed by atoms with Crippen LogP contribution in [0, 0.1) is 11.3 Å². The maximum Gasteiger partial charge on any atom is 0.306 e. The van der Waals surface area contributed by atoms with Crippen LogP contribution in [0.3, 0.4) is 0 Å². The molecule has 0 aliphatic rings. The maximum atomic E-state index is 13.3. The first-order valence-electron chi connectivity index (χ1n) is 9.66. The molecule has 3 aromatic carbocycles. The van der Waals surface area contributed by atoms with Gasteiger partial charge in [-0.15, -0.1) is 0 Å². The zero-order valence-electron chi connectivity index (χ0n) is 17.3. The van der Waals surface area contributed by atoms with E-state index >= 15 is 0 Å². The molecule has 0 bridgehead atoms. The molecule has 0 aliphatic carbocycles. The Morgan fingerprint density at radius 3 is 2.55 bits per heavy atom. The summed E-state index contributed by atoms with van der Waals surface area (Å²) >= 11 is 12.0. The van der Waals surface area contributed by atoms with Gasteiger partial charge in [0.15, 0.2) is 5.75 Å². The van der Waals surface area contributed by atoms with E-state index in [1.807, 2.05) is 6.07 Å². The van der Waals surface area contributed by atoms with Crippen LogP contribution in [-0.4, -0.2) is 33.4 Å². The lowest BCUT2D eigenvalue weighted by Crippen LogP contribution is -2.29. The lowest BCUT2D eigenvalue weighted by molar-refractivity contribution is -0.108. The fraction of sp³-hybridized carbons (Fsp3) is 0.174. The Kier molecular flexibility index (Phi) is 7.59. The maximum absolute atomic E-state index is 13.3. The van der Waals surface area contributed by atoms with E-state index < -0.39 is 21.9 Å². The molecule has 3 aromatic rings. The van der Waals surface area contributed by atoms with Gasteiger partial charge in [-0.1, -0.05) is 53.5 Å². The number of carbonyl (C=O) groups is 2. The summed E-state index contributed by atoms with van der Waals surface area (Å²) in [4.78, 5) is 24.5. The molecule has 10 heteroatoms. The van der Waals surface area contributed by atoms with Gasteiger partial charge in [0.1, 0.15) is 12.4 Å². The second-order valence-corrected chi connectivity index (χ2v) is 9.62. The van der Waals surface area contributed by atoms with E-state index in [0.29, 0.717) is 26.4 Å². The van der Waals surface area contributed by atoms with Gasteiger partial charge in [0.25, 0.3) is 5.91 Å². The summed E-state index contributed by atoms with van der Waals surface area (Å²) in [5.41, 5.74) is 0.507. The van der Waals surface area contributed by atoms with Gasteiger partial charge in [0.05, 0.1) is 27.4 Å². The Hall–Kier alpha value is -3.12. The third kappa shape index (κ3) is 5.82. The van der Waals surface area contributed by atoms with Crippen LogP contribution in [0.25, 0.3) is 10.8 Å². The van der Waals surface area contributed by atoms with Crippen molar-refractivity contribution in [1.82, 2.24) is 5.32 Å². The average Bonchev–Trinajstić information content (AvgIpc) is 2.76. The van der Waals surface area contributed by atoms with Gasteiger partial charge < -0.3 is 14.3 Å². The van der Waals surface area contributed by atoms with Crippen molar-refractivity contribution >= 4 is 56.3 Å². The van der Waals surface area contributed by atoms with Crippen molar-refractivity contribution in [2.45, 2.75) is 12.3 Å². The first kappa shape index (κ1) is 24.5. The second kappa shape index (κ2) is 10.2. The molecule has 0 spiro atoms. The standard InChI is InChI=1S/C23H18Cl2N2O5S/c1-33(30,31)32-22-17(12-26)10-15-4-2-3-5-18(15)21(22)23(29)27-13-16(8-9-28)14-6-7-19(24)20(25)11-14/h2-7,9-11,16H,8,13H2,1H3,(H,27,29)/t16-/m1/s1. The van der Waals surface area contributed by atoms with E-state index in [9.17, 15) is 23.3 Å². The Labute approximate surface area is 201 Å².